The van der Waals surface area contributed by atoms with Crippen LogP contribution < -0.4 is 0 Å². The summed E-state index contributed by atoms with van der Waals surface area (Å²) in [5, 5.41) is 10.4. The fourth-order valence-corrected chi connectivity index (χ4v) is 2.64. The van der Waals surface area contributed by atoms with Crippen LogP contribution in [0.2, 0.25) is 10.0 Å². The molecule has 1 aromatic rings. The van der Waals surface area contributed by atoms with Crippen LogP contribution in [0.25, 0.3) is 0 Å². The van der Waals surface area contributed by atoms with E-state index < -0.39 is 5.79 Å². The second-order valence-corrected chi connectivity index (χ2v) is 4.88. The Morgan fingerprint density at radius 1 is 1.35 bits per heavy atom. The Balaban J connectivity index is 2.37. The average molecular weight is 340 g/mol. The van der Waals surface area contributed by atoms with Gasteiger partial charge in [-0.15, -0.1) is 0 Å². The van der Waals surface area contributed by atoms with Gasteiger partial charge in [-0.1, -0.05) is 39.1 Å². The predicted molar refractivity (Wildman–Crippen MR) is 69.3 cm³/mol. The van der Waals surface area contributed by atoms with Crippen LogP contribution in [0.1, 0.15) is 5.56 Å². The molecule has 0 radical (unpaired) electrons. The maximum absolute atomic E-state index is 9.01. The molecule has 0 aliphatic carbocycles. The molecule has 1 aliphatic rings. The molecule has 1 aliphatic heterocycles. The first-order valence-corrected chi connectivity index (χ1v) is 6.67. The summed E-state index contributed by atoms with van der Waals surface area (Å²) in [6.07, 6.45) is 1.38. The molecule has 0 fully saturated rings. The van der Waals surface area contributed by atoms with Crippen LogP contribution in [0.15, 0.2) is 30.2 Å². The number of aliphatic hydroxyl groups is 1. The highest BCUT2D eigenvalue weighted by atomic mass is 79.9. The predicted octanol–water partition coefficient (Wildman–Crippen LogP) is 3.42. The van der Waals surface area contributed by atoms with Crippen molar-refractivity contribution in [2.45, 2.75) is 5.79 Å². The molecule has 0 saturated heterocycles. The molecule has 92 valence electrons. The number of ether oxygens (including phenoxy) is 2. The first kappa shape index (κ1) is 13.0. The molecular formula is C11H9BrCl2O3. The summed E-state index contributed by atoms with van der Waals surface area (Å²) in [4.78, 5) is 0. The summed E-state index contributed by atoms with van der Waals surface area (Å²) in [6.45, 7) is -0.222. The standard InChI is InChI=1S/C11H9BrCl2O3/c12-6-11(16-5-8(4-15)17-11)9-2-1-7(13)3-10(9)14/h1-3,5,15H,4,6H2. The van der Waals surface area contributed by atoms with Crippen molar-refractivity contribution in [1.82, 2.24) is 0 Å². The van der Waals surface area contributed by atoms with Crippen molar-refractivity contribution >= 4 is 39.1 Å². The molecule has 0 bridgehead atoms. The summed E-state index contributed by atoms with van der Waals surface area (Å²) in [5.41, 5.74) is 0.653. The Morgan fingerprint density at radius 2 is 2.12 bits per heavy atom. The minimum absolute atomic E-state index is 0.222. The van der Waals surface area contributed by atoms with E-state index in [9.17, 15) is 0 Å². The zero-order valence-corrected chi connectivity index (χ0v) is 11.7. The van der Waals surface area contributed by atoms with Crippen LogP contribution in [0.4, 0.5) is 0 Å². The molecule has 1 unspecified atom stereocenters. The Bertz CT molecular complexity index is 464. The molecule has 17 heavy (non-hydrogen) atoms. The molecular weight excluding hydrogens is 331 g/mol. The van der Waals surface area contributed by atoms with E-state index in [-0.39, 0.29) is 6.61 Å². The van der Waals surface area contributed by atoms with Crippen molar-refractivity contribution in [3.63, 3.8) is 0 Å². The Labute approximate surface area is 117 Å². The summed E-state index contributed by atoms with van der Waals surface area (Å²) in [5.74, 6) is -0.685. The quantitative estimate of drug-likeness (QED) is 0.857. The van der Waals surface area contributed by atoms with Crippen LogP contribution >= 0.6 is 39.1 Å². The SMILES string of the molecule is OCC1=COC(CBr)(c2ccc(Cl)cc2Cl)O1. The van der Waals surface area contributed by atoms with Crippen molar-refractivity contribution in [2.24, 2.45) is 0 Å². The number of alkyl halides is 1. The van der Waals surface area contributed by atoms with Gasteiger partial charge in [0.1, 0.15) is 12.9 Å². The van der Waals surface area contributed by atoms with Crippen LogP contribution in [0, 0.1) is 0 Å². The summed E-state index contributed by atoms with van der Waals surface area (Å²) < 4.78 is 11.0. The van der Waals surface area contributed by atoms with E-state index in [1.807, 2.05) is 0 Å². The van der Waals surface area contributed by atoms with E-state index in [1.165, 1.54) is 6.26 Å². The number of aliphatic hydroxyl groups excluding tert-OH is 1. The van der Waals surface area contributed by atoms with Crippen molar-refractivity contribution in [3.8, 4) is 0 Å². The molecule has 2 rings (SSSR count). The Kier molecular flexibility index (Phi) is 3.88. The molecule has 0 aromatic heterocycles. The van der Waals surface area contributed by atoms with Crippen LogP contribution in [0.3, 0.4) is 0 Å². The number of halogens is 3. The second-order valence-electron chi connectivity index (χ2n) is 3.47. The average Bonchev–Trinajstić information content (AvgIpc) is 2.74. The molecule has 1 aromatic carbocycles. The highest BCUT2D eigenvalue weighted by Gasteiger charge is 2.41. The first-order valence-electron chi connectivity index (χ1n) is 4.79. The minimum atomic E-state index is -1.04. The minimum Gasteiger partial charge on any atom is -0.451 e. The van der Waals surface area contributed by atoms with Gasteiger partial charge in [0, 0.05) is 5.02 Å². The van der Waals surface area contributed by atoms with Crippen molar-refractivity contribution < 1.29 is 14.6 Å². The zero-order chi connectivity index (χ0) is 12.5. The number of hydrogen-bond donors (Lipinski definition) is 1. The summed E-state index contributed by atoms with van der Waals surface area (Å²) >= 11 is 15.3. The van der Waals surface area contributed by atoms with E-state index >= 15 is 0 Å². The van der Waals surface area contributed by atoms with E-state index in [4.69, 9.17) is 37.8 Å². The molecule has 0 saturated carbocycles. The second kappa shape index (κ2) is 5.06. The van der Waals surface area contributed by atoms with Gasteiger partial charge in [0.25, 0.3) is 5.79 Å². The normalized spacial score (nSPS) is 22.9. The lowest BCUT2D eigenvalue weighted by Crippen LogP contribution is -2.30. The van der Waals surface area contributed by atoms with Gasteiger partial charge in [0.05, 0.1) is 15.9 Å². The maximum Gasteiger partial charge on any atom is 0.288 e. The van der Waals surface area contributed by atoms with Crippen LogP contribution in [-0.4, -0.2) is 17.0 Å². The lowest BCUT2D eigenvalue weighted by atomic mass is 10.1. The van der Waals surface area contributed by atoms with E-state index in [0.29, 0.717) is 26.7 Å². The molecule has 1 N–H and O–H groups in total. The highest BCUT2D eigenvalue weighted by molar-refractivity contribution is 9.09. The topological polar surface area (TPSA) is 38.7 Å². The molecule has 1 heterocycles. The van der Waals surface area contributed by atoms with E-state index in [1.54, 1.807) is 18.2 Å². The van der Waals surface area contributed by atoms with Gasteiger partial charge in [-0.05, 0) is 18.2 Å². The lowest BCUT2D eigenvalue weighted by molar-refractivity contribution is -0.138. The number of benzene rings is 1. The third-order valence-electron chi connectivity index (χ3n) is 2.35. The van der Waals surface area contributed by atoms with E-state index in [2.05, 4.69) is 15.9 Å². The van der Waals surface area contributed by atoms with Gasteiger partial charge >= 0.3 is 0 Å². The summed E-state index contributed by atoms with van der Waals surface area (Å²) in [6, 6.07) is 5.06. The fourth-order valence-electron chi connectivity index (χ4n) is 1.54. The molecule has 1 atom stereocenters. The van der Waals surface area contributed by atoms with Crippen LogP contribution in [-0.2, 0) is 15.3 Å². The first-order chi connectivity index (χ1) is 8.11. The summed E-state index contributed by atoms with van der Waals surface area (Å²) in [7, 11) is 0. The number of hydrogen-bond acceptors (Lipinski definition) is 3. The van der Waals surface area contributed by atoms with E-state index in [0.717, 1.165) is 0 Å². The third kappa shape index (κ3) is 2.40. The van der Waals surface area contributed by atoms with Crippen molar-refractivity contribution in [1.29, 1.82) is 0 Å². The molecule has 3 nitrogen and oxygen atoms in total. The van der Waals surface area contributed by atoms with Gasteiger partial charge in [0.2, 0.25) is 0 Å². The Hall–Kier alpha value is -0.420. The largest absolute Gasteiger partial charge is 0.451 e. The van der Waals surface area contributed by atoms with Gasteiger partial charge in [0.15, 0.2) is 5.76 Å². The van der Waals surface area contributed by atoms with Gasteiger partial charge in [-0.25, -0.2) is 0 Å². The molecule has 0 spiro atoms. The smallest absolute Gasteiger partial charge is 0.288 e. The van der Waals surface area contributed by atoms with Gasteiger partial charge < -0.3 is 14.6 Å². The maximum atomic E-state index is 9.01. The highest BCUT2D eigenvalue weighted by Crippen LogP contribution is 2.40. The van der Waals surface area contributed by atoms with Gasteiger partial charge in [-0.2, -0.15) is 0 Å². The lowest BCUT2D eigenvalue weighted by Gasteiger charge is -2.27. The van der Waals surface area contributed by atoms with Crippen LogP contribution in [0.5, 0.6) is 0 Å². The van der Waals surface area contributed by atoms with Crippen molar-refractivity contribution in [2.75, 3.05) is 11.9 Å². The fraction of sp³-hybridized carbons (Fsp3) is 0.273. The monoisotopic (exact) mass is 338 g/mol. The van der Waals surface area contributed by atoms with Gasteiger partial charge in [-0.3, -0.25) is 0 Å². The Morgan fingerprint density at radius 3 is 2.65 bits per heavy atom. The third-order valence-corrected chi connectivity index (χ3v) is 3.64. The zero-order valence-electron chi connectivity index (χ0n) is 8.62. The number of rotatable bonds is 3. The molecule has 0 amide bonds. The molecule has 6 heteroatoms. The van der Waals surface area contributed by atoms with Crippen molar-refractivity contribution in [3.05, 3.63) is 45.8 Å².